The van der Waals surface area contributed by atoms with Crippen LogP contribution in [0.25, 0.3) is 0 Å². The number of fused-ring (bicyclic) bond motifs is 1. The molecule has 0 saturated carbocycles. The van der Waals surface area contributed by atoms with Crippen molar-refractivity contribution in [1.82, 2.24) is 5.32 Å². The van der Waals surface area contributed by atoms with E-state index in [-0.39, 0.29) is 17.9 Å². The summed E-state index contributed by atoms with van der Waals surface area (Å²) < 4.78 is 16.4. The van der Waals surface area contributed by atoms with Gasteiger partial charge in [-0.25, -0.2) is 0 Å². The Balaban J connectivity index is 1.70. The molecular formula is C22H27ClN2O4. The first-order valence-corrected chi connectivity index (χ1v) is 10.1. The van der Waals surface area contributed by atoms with Gasteiger partial charge in [-0.1, -0.05) is 31.5 Å². The molecule has 7 heteroatoms. The highest BCUT2D eigenvalue weighted by molar-refractivity contribution is 6.32. The molecule has 0 spiro atoms. The summed E-state index contributed by atoms with van der Waals surface area (Å²) in [5.74, 6) is 2.18. The smallest absolute Gasteiger partial charge is 0.241 e. The molecule has 29 heavy (non-hydrogen) atoms. The van der Waals surface area contributed by atoms with Gasteiger partial charge in [0, 0.05) is 11.7 Å². The summed E-state index contributed by atoms with van der Waals surface area (Å²) in [7, 11) is 1.55. The third kappa shape index (κ3) is 5.14. The molecule has 3 rings (SSSR count). The quantitative estimate of drug-likeness (QED) is 0.696. The summed E-state index contributed by atoms with van der Waals surface area (Å²) in [5.41, 5.74) is 1.67. The van der Waals surface area contributed by atoms with E-state index in [9.17, 15) is 4.79 Å². The zero-order valence-electron chi connectivity index (χ0n) is 17.1. The Bertz CT molecular complexity index is 872. The average Bonchev–Trinajstić information content (AvgIpc) is 2.71. The number of benzene rings is 2. The monoisotopic (exact) mass is 418 g/mol. The molecule has 0 aromatic heterocycles. The normalized spacial score (nSPS) is 15.0. The second-order valence-corrected chi connectivity index (χ2v) is 7.76. The Morgan fingerprint density at radius 2 is 1.79 bits per heavy atom. The minimum absolute atomic E-state index is 0.0222. The van der Waals surface area contributed by atoms with Crippen molar-refractivity contribution in [3.8, 4) is 17.2 Å². The van der Waals surface area contributed by atoms with Crippen LogP contribution < -0.4 is 24.8 Å². The number of hydrogen-bond acceptors (Lipinski definition) is 5. The second kappa shape index (κ2) is 9.37. The van der Waals surface area contributed by atoms with Crippen LogP contribution >= 0.6 is 11.6 Å². The first kappa shape index (κ1) is 21.3. The topological polar surface area (TPSA) is 68.8 Å². The molecule has 0 radical (unpaired) electrons. The minimum Gasteiger partial charge on any atom is -0.495 e. The Hall–Kier alpha value is -2.44. The van der Waals surface area contributed by atoms with Gasteiger partial charge < -0.3 is 19.5 Å². The first-order chi connectivity index (χ1) is 13.9. The summed E-state index contributed by atoms with van der Waals surface area (Å²) in [6, 6.07) is 10.6. The van der Waals surface area contributed by atoms with E-state index in [1.807, 2.05) is 25.1 Å². The van der Waals surface area contributed by atoms with Crippen LogP contribution in [0.4, 0.5) is 5.69 Å². The molecule has 1 aliphatic heterocycles. The van der Waals surface area contributed by atoms with Gasteiger partial charge in [0.05, 0.1) is 18.2 Å². The lowest BCUT2D eigenvalue weighted by atomic mass is 9.94. The summed E-state index contributed by atoms with van der Waals surface area (Å²) in [6.07, 6.45) is 0. The summed E-state index contributed by atoms with van der Waals surface area (Å²) in [5, 5.41) is 6.77. The van der Waals surface area contributed by atoms with Gasteiger partial charge in [0.25, 0.3) is 0 Å². The Kier molecular flexibility index (Phi) is 6.87. The van der Waals surface area contributed by atoms with Crippen molar-refractivity contribution in [2.24, 2.45) is 5.92 Å². The van der Waals surface area contributed by atoms with E-state index in [1.54, 1.807) is 25.3 Å². The van der Waals surface area contributed by atoms with E-state index in [0.717, 1.165) is 17.1 Å². The fourth-order valence-electron chi connectivity index (χ4n) is 3.27. The van der Waals surface area contributed by atoms with Gasteiger partial charge in [-0.3, -0.25) is 10.1 Å². The van der Waals surface area contributed by atoms with Gasteiger partial charge in [-0.2, -0.15) is 0 Å². The van der Waals surface area contributed by atoms with Crippen molar-refractivity contribution in [3.05, 3.63) is 47.0 Å². The SMILES string of the molecule is COc1ccc(NC(=O)[C@@H](C)N[C@@H](c2ccc3c(c2)OCCO3)C(C)C)cc1Cl. The predicted octanol–water partition coefficient (Wildman–Crippen LogP) is 4.43. The molecule has 2 atom stereocenters. The van der Waals surface area contributed by atoms with Crippen LogP contribution in [-0.4, -0.2) is 32.3 Å². The van der Waals surface area contributed by atoms with Crippen LogP contribution in [0.1, 0.15) is 32.4 Å². The zero-order chi connectivity index (χ0) is 21.0. The van der Waals surface area contributed by atoms with E-state index in [1.165, 1.54) is 0 Å². The van der Waals surface area contributed by atoms with Crippen molar-refractivity contribution in [2.45, 2.75) is 32.9 Å². The van der Waals surface area contributed by atoms with E-state index in [0.29, 0.717) is 29.7 Å². The van der Waals surface area contributed by atoms with E-state index in [4.69, 9.17) is 25.8 Å². The fourth-order valence-corrected chi connectivity index (χ4v) is 3.52. The molecule has 2 aromatic carbocycles. The highest BCUT2D eigenvalue weighted by Gasteiger charge is 2.24. The number of nitrogens with one attached hydrogen (secondary N) is 2. The lowest BCUT2D eigenvalue weighted by Crippen LogP contribution is -2.41. The molecule has 1 aliphatic rings. The number of carbonyl (C=O) groups excluding carboxylic acids is 1. The van der Waals surface area contributed by atoms with Crippen LogP contribution in [0, 0.1) is 5.92 Å². The third-order valence-electron chi connectivity index (χ3n) is 4.83. The van der Waals surface area contributed by atoms with Gasteiger partial charge in [-0.05, 0) is 48.7 Å². The van der Waals surface area contributed by atoms with Crippen molar-refractivity contribution >= 4 is 23.2 Å². The van der Waals surface area contributed by atoms with Crippen LogP contribution in [0.5, 0.6) is 17.2 Å². The van der Waals surface area contributed by atoms with Gasteiger partial charge in [-0.15, -0.1) is 0 Å². The number of carbonyl (C=O) groups is 1. The number of ether oxygens (including phenoxy) is 3. The van der Waals surface area contributed by atoms with Crippen LogP contribution in [0.2, 0.25) is 5.02 Å². The molecule has 0 saturated heterocycles. The fraction of sp³-hybridized carbons (Fsp3) is 0.409. The second-order valence-electron chi connectivity index (χ2n) is 7.35. The Morgan fingerprint density at radius 1 is 1.07 bits per heavy atom. The molecule has 0 fully saturated rings. The maximum Gasteiger partial charge on any atom is 0.241 e. The minimum atomic E-state index is -0.420. The molecule has 2 aromatic rings. The van der Waals surface area contributed by atoms with Gasteiger partial charge in [0.15, 0.2) is 11.5 Å². The zero-order valence-corrected chi connectivity index (χ0v) is 17.9. The van der Waals surface area contributed by atoms with Gasteiger partial charge in [0.1, 0.15) is 19.0 Å². The van der Waals surface area contributed by atoms with Crippen molar-refractivity contribution in [3.63, 3.8) is 0 Å². The maximum atomic E-state index is 12.7. The average molecular weight is 419 g/mol. The number of hydrogen-bond donors (Lipinski definition) is 2. The molecule has 0 unspecified atom stereocenters. The van der Waals surface area contributed by atoms with Crippen molar-refractivity contribution in [1.29, 1.82) is 0 Å². The van der Waals surface area contributed by atoms with E-state index in [2.05, 4.69) is 24.5 Å². The van der Waals surface area contributed by atoms with Crippen molar-refractivity contribution in [2.75, 3.05) is 25.6 Å². The van der Waals surface area contributed by atoms with E-state index < -0.39 is 6.04 Å². The standard InChI is InChI=1S/C22H27ClN2O4/c1-13(2)21(15-5-7-19-20(11-15)29-10-9-28-19)24-14(3)22(26)25-16-6-8-18(27-4)17(23)12-16/h5-8,11-14,21,24H,9-10H2,1-4H3,(H,25,26)/t14-,21-/m1/s1. The molecule has 0 aliphatic carbocycles. The largest absolute Gasteiger partial charge is 0.495 e. The molecule has 2 N–H and O–H groups in total. The lowest BCUT2D eigenvalue weighted by Gasteiger charge is -2.28. The predicted molar refractivity (Wildman–Crippen MR) is 114 cm³/mol. The van der Waals surface area contributed by atoms with Crippen molar-refractivity contribution < 1.29 is 19.0 Å². The molecular weight excluding hydrogens is 392 g/mol. The molecule has 0 bridgehead atoms. The summed E-state index contributed by atoms with van der Waals surface area (Å²) >= 11 is 6.14. The molecule has 6 nitrogen and oxygen atoms in total. The summed E-state index contributed by atoms with van der Waals surface area (Å²) in [6.45, 7) is 7.17. The number of amides is 1. The molecule has 156 valence electrons. The van der Waals surface area contributed by atoms with Crippen LogP contribution in [0.15, 0.2) is 36.4 Å². The highest BCUT2D eigenvalue weighted by atomic mass is 35.5. The lowest BCUT2D eigenvalue weighted by molar-refractivity contribution is -0.118. The number of methoxy groups -OCH3 is 1. The highest BCUT2D eigenvalue weighted by Crippen LogP contribution is 2.34. The van der Waals surface area contributed by atoms with Gasteiger partial charge >= 0.3 is 0 Å². The third-order valence-corrected chi connectivity index (χ3v) is 5.13. The number of halogens is 1. The number of rotatable bonds is 7. The summed E-state index contributed by atoms with van der Waals surface area (Å²) in [4.78, 5) is 12.7. The maximum absolute atomic E-state index is 12.7. The molecule has 1 heterocycles. The Labute approximate surface area is 176 Å². The Morgan fingerprint density at radius 3 is 2.45 bits per heavy atom. The number of anilines is 1. The first-order valence-electron chi connectivity index (χ1n) is 9.69. The van der Waals surface area contributed by atoms with Crippen LogP contribution in [0.3, 0.4) is 0 Å². The van der Waals surface area contributed by atoms with Crippen LogP contribution in [-0.2, 0) is 4.79 Å². The van der Waals surface area contributed by atoms with E-state index >= 15 is 0 Å². The van der Waals surface area contributed by atoms with Gasteiger partial charge in [0.2, 0.25) is 5.91 Å². The molecule has 1 amide bonds.